The molecule has 0 atom stereocenters. The SMILES string of the molecule is [CH]1CCOOC12CCNCC2. The number of hydrogen-bond donors (Lipinski definition) is 1. The molecule has 0 saturated carbocycles. The van der Waals surface area contributed by atoms with Crippen LogP contribution in [0, 0.1) is 6.42 Å². The van der Waals surface area contributed by atoms with Gasteiger partial charge in [0.15, 0.2) is 0 Å². The van der Waals surface area contributed by atoms with Crippen molar-refractivity contribution >= 4 is 0 Å². The number of hydrogen-bond acceptors (Lipinski definition) is 3. The second-order valence-electron chi connectivity index (χ2n) is 3.21. The Balaban J connectivity index is 1.94. The van der Waals surface area contributed by atoms with Crippen LogP contribution in [0.5, 0.6) is 0 Å². The van der Waals surface area contributed by atoms with E-state index in [2.05, 4.69) is 11.7 Å². The fraction of sp³-hybridized carbons (Fsp3) is 0.875. The maximum atomic E-state index is 5.31. The van der Waals surface area contributed by atoms with E-state index in [1.165, 1.54) is 0 Å². The average molecular weight is 156 g/mol. The lowest BCUT2D eigenvalue weighted by Gasteiger charge is -2.38. The van der Waals surface area contributed by atoms with Gasteiger partial charge in [0.25, 0.3) is 0 Å². The lowest BCUT2D eigenvalue weighted by molar-refractivity contribution is -0.372. The summed E-state index contributed by atoms with van der Waals surface area (Å²) in [5.41, 5.74) is -0.0521. The van der Waals surface area contributed by atoms with Gasteiger partial charge in [0, 0.05) is 0 Å². The zero-order valence-electron chi connectivity index (χ0n) is 6.64. The van der Waals surface area contributed by atoms with Gasteiger partial charge in [-0.05, 0) is 38.8 Å². The summed E-state index contributed by atoms with van der Waals surface area (Å²) in [6.07, 6.45) is 5.39. The van der Waals surface area contributed by atoms with E-state index in [1.807, 2.05) is 0 Å². The summed E-state index contributed by atoms with van der Waals surface area (Å²) in [7, 11) is 0. The van der Waals surface area contributed by atoms with Crippen LogP contribution in [0.3, 0.4) is 0 Å². The van der Waals surface area contributed by atoms with Crippen molar-refractivity contribution in [3.8, 4) is 0 Å². The lowest BCUT2D eigenvalue weighted by atomic mass is 9.87. The monoisotopic (exact) mass is 156 g/mol. The molecule has 2 aliphatic rings. The Morgan fingerprint density at radius 3 is 2.73 bits per heavy atom. The number of piperidine rings is 1. The minimum atomic E-state index is -0.0521. The largest absolute Gasteiger partial charge is 0.317 e. The second kappa shape index (κ2) is 3.09. The zero-order valence-corrected chi connectivity index (χ0v) is 6.64. The highest BCUT2D eigenvalue weighted by molar-refractivity contribution is 4.98. The van der Waals surface area contributed by atoms with Gasteiger partial charge >= 0.3 is 0 Å². The zero-order chi connectivity index (χ0) is 7.57. The molecule has 2 heterocycles. The van der Waals surface area contributed by atoms with Crippen LogP contribution in [0.4, 0.5) is 0 Å². The van der Waals surface area contributed by atoms with Crippen molar-refractivity contribution < 1.29 is 9.78 Å². The third kappa shape index (κ3) is 1.55. The summed E-state index contributed by atoms with van der Waals surface area (Å²) in [6.45, 7) is 2.80. The summed E-state index contributed by atoms with van der Waals surface area (Å²) in [6, 6.07) is 0. The summed E-state index contributed by atoms with van der Waals surface area (Å²) < 4.78 is 0. The fourth-order valence-electron chi connectivity index (χ4n) is 1.70. The van der Waals surface area contributed by atoms with Crippen LogP contribution in [0.15, 0.2) is 0 Å². The summed E-state index contributed by atoms with van der Waals surface area (Å²) >= 11 is 0. The molecule has 2 fully saturated rings. The molecule has 1 radical (unpaired) electrons. The number of rotatable bonds is 0. The molecule has 0 aromatic carbocycles. The first kappa shape index (κ1) is 7.53. The molecule has 0 aromatic rings. The topological polar surface area (TPSA) is 30.5 Å². The lowest BCUT2D eigenvalue weighted by Crippen LogP contribution is -2.46. The highest BCUT2D eigenvalue weighted by Crippen LogP contribution is 2.30. The molecule has 0 amide bonds. The fourth-order valence-corrected chi connectivity index (χ4v) is 1.70. The molecule has 0 aliphatic carbocycles. The van der Waals surface area contributed by atoms with E-state index in [4.69, 9.17) is 9.78 Å². The van der Waals surface area contributed by atoms with Crippen molar-refractivity contribution in [3.63, 3.8) is 0 Å². The van der Waals surface area contributed by atoms with Gasteiger partial charge in [0.05, 0.1) is 6.61 Å². The van der Waals surface area contributed by atoms with Crippen LogP contribution in [-0.4, -0.2) is 25.3 Å². The van der Waals surface area contributed by atoms with Crippen LogP contribution in [0.1, 0.15) is 19.3 Å². The predicted octanol–water partition coefficient (Wildman–Crippen LogP) is 0.665. The minimum absolute atomic E-state index is 0.0521. The molecule has 63 valence electrons. The van der Waals surface area contributed by atoms with Gasteiger partial charge in [0.1, 0.15) is 5.60 Å². The van der Waals surface area contributed by atoms with E-state index in [-0.39, 0.29) is 5.60 Å². The van der Waals surface area contributed by atoms with E-state index in [9.17, 15) is 0 Å². The van der Waals surface area contributed by atoms with Crippen LogP contribution in [0.25, 0.3) is 0 Å². The molecular weight excluding hydrogens is 142 g/mol. The van der Waals surface area contributed by atoms with Crippen molar-refractivity contribution in [1.82, 2.24) is 5.32 Å². The molecule has 2 rings (SSSR count). The molecule has 3 heteroatoms. The van der Waals surface area contributed by atoms with E-state index in [0.29, 0.717) is 0 Å². The highest BCUT2D eigenvalue weighted by atomic mass is 17.2. The Kier molecular flexibility index (Phi) is 2.11. The first-order chi connectivity index (χ1) is 5.41. The standard InChI is InChI=1S/C8H14NO2/c1-2-8(11-10-7-1)3-5-9-6-4-8/h2,9H,1,3-7H2. The van der Waals surface area contributed by atoms with Crippen LogP contribution in [-0.2, 0) is 9.78 Å². The van der Waals surface area contributed by atoms with Gasteiger partial charge in [-0.15, -0.1) is 0 Å². The molecule has 0 aromatic heterocycles. The Morgan fingerprint density at radius 1 is 1.27 bits per heavy atom. The molecule has 0 unspecified atom stereocenters. The van der Waals surface area contributed by atoms with Gasteiger partial charge in [-0.2, -0.15) is 0 Å². The van der Waals surface area contributed by atoms with Crippen molar-refractivity contribution in [1.29, 1.82) is 0 Å². The Hall–Kier alpha value is -0.120. The molecule has 11 heavy (non-hydrogen) atoms. The molecule has 1 N–H and O–H groups in total. The molecular formula is C8H14NO2. The Labute approximate surface area is 67.0 Å². The third-order valence-electron chi connectivity index (χ3n) is 2.39. The normalized spacial score (nSPS) is 30.5. The quantitative estimate of drug-likeness (QED) is 0.523. The van der Waals surface area contributed by atoms with Crippen LogP contribution >= 0.6 is 0 Å². The Morgan fingerprint density at radius 2 is 2.09 bits per heavy atom. The van der Waals surface area contributed by atoms with Gasteiger partial charge < -0.3 is 5.32 Å². The van der Waals surface area contributed by atoms with E-state index in [1.54, 1.807) is 0 Å². The summed E-state index contributed by atoms with van der Waals surface area (Å²) in [5.74, 6) is 0. The Bertz CT molecular complexity index is 107. The average Bonchev–Trinajstić information content (AvgIpc) is 2.07. The van der Waals surface area contributed by atoms with Gasteiger partial charge in [-0.1, -0.05) is 0 Å². The second-order valence-corrected chi connectivity index (χ2v) is 3.21. The van der Waals surface area contributed by atoms with Gasteiger partial charge in [-0.25, -0.2) is 9.78 Å². The van der Waals surface area contributed by atoms with Crippen LogP contribution < -0.4 is 5.32 Å². The maximum Gasteiger partial charge on any atom is 0.109 e. The van der Waals surface area contributed by atoms with E-state index in [0.717, 1.165) is 39.0 Å². The van der Waals surface area contributed by atoms with Crippen molar-refractivity contribution in [2.75, 3.05) is 19.7 Å². The number of nitrogens with one attached hydrogen (secondary N) is 1. The molecule has 1 spiro atoms. The first-order valence-corrected chi connectivity index (χ1v) is 4.27. The molecule has 2 saturated heterocycles. The van der Waals surface area contributed by atoms with Crippen LogP contribution in [0.2, 0.25) is 0 Å². The van der Waals surface area contributed by atoms with Crippen molar-refractivity contribution in [3.05, 3.63) is 6.42 Å². The molecule has 0 bridgehead atoms. The summed E-state index contributed by atoms with van der Waals surface area (Å²) in [4.78, 5) is 10.3. The smallest absolute Gasteiger partial charge is 0.109 e. The van der Waals surface area contributed by atoms with Crippen molar-refractivity contribution in [2.45, 2.75) is 24.9 Å². The van der Waals surface area contributed by atoms with E-state index < -0.39 is 0 Å². The predicted molar refractivity (Wildman–Crippen MR) is 40.8 cm³/mol. The van der Waals surface area contributed by atoms with Gasteiger partial charge in [0.2, 0.25) is 0 Å². The third-order valence-corrected chi connectivity index (χ3v) is 2.39. The van der Waals surface area contributed by atoms with E-state index >= 15 is 0 Å². The highest BCUT2D eigenvalue weighted by Gasteiger charge is 2.36. The summed E-state index contributed by atoms with van der Waals surface area (Å²) in [5, 5.41) is 3.30. The maximum absolute atomic E-state index is 5.31. The minimum Gasteiger partial charge on any atom is -0.317 e. The molecule has 2 aliphatic heterocycles. The first-order valence-electron chi connectivity index (χ1n) is 4.27. The van der Waals surface area contributed by atoms with Gasteiger partial charge in [-0.3, -0.25) is 0 Å². The molecule has 3 nitrogen and oxygen atoms in total. The van der Waals surface area contributed by atoms with Crippen molar-refractivity contribution in [2.24, 2.45) is 0 Å².